The van der Waals surface area contributed by atoms with Gasteiger partial charge in [-0.1, -0.05) is 12.8 Å². The van der Waals surface area contributed by atoms with E-state index in [4.69, 9.17) is 4.74 Å². The minimum absolute atomic E-state index is 0.0142. The fourth-order valence-corrected chi connectivity index (χ4v) is 2.87. The molecule has 0 bridgehead atoms. The first-order valence-corrected chi connectivity index (χ1v) is 7.70. The van der Waals surface area contributed by atoms with E-state index < -0.39 is 0 Å². The average molecular weight is 304 g/mol. The first-order valence-electron chi connectivity index (χ1n) is 7.70. The number of methoxy groups -OCH3 is 1. The minimum Gasteiger partial charge on any atom is -0.495 e. The SMILES string of the molecule is COc1ccc(C(=O)N(C)C)cc1NC(=O)CC1CCCC1. The van der Waals surface area contributed by atoms with Crippen molar-refractivity contribution in [3.63, 3.8) is 0 Å². The van der Waals surface area contributed by atoms with Crippen molar-refractivity contribution in [1.29, 1.82) is 0 Å². The van der Waals surface area contributed by atoms with E-state index in [1.807, 2.05) is 0 Å². The van der Waals surface area contributed by atoms with Crippen LogP contribution in [-0.2, 0) is 4.79 Å². The molecule has 1 aromatic rings. The molecule has 22 heavy (non-hydrogen) atoms. The number of amides is 2. The van der Waals surface area contributed by atoms with Crippen LogP contribution in [0.1, 0.15) is 42.5 Å². The normalized spacial score (nSPS) is 14.7. The number of benzene rings is 1. The van der Waals surface area contributed by atoms with Crippen molar-refractivity contribution in [3.8, 4) is 5.75 Å². The smallest absolute Gasteiger partial charge is 0.253 e. The Morgan fingerprint density at radius 1 is 1.27 bits per heavy atom. The molecule has 0 heterocycles. The van der Waals surface area contributed by atoms with Gasteiger partial charge >= 0.3 is 0 Å². The largest absolute Gasteiger partial charge is 0.495 e. The lowest BCUT2D eigenvalue weighted by Gasteiger charge is -2.15. The lowest BCUT2D eigenvalue weighted by atomic mass is 10.0. The van der Waals surface area contributed by atoms with Gasteiger partial charge in [0.1, 0.15) is 5.75 Å². The van der Waals surface area contributed by atoms with E-state index in [-0.39, 0.29) is 11.8 Å². The maximum atomic E-state index is 12.2. The third-order valence-corrected chi connectivity index (χ3v) is 4.08. The van der Waals surface area contributed by atoms with Gasteiger partial charge < -0.3 is 15.0 Å². The zero-order chi connectivity index (χ0) is 16.1. The molecule has 120 valence electrons. The molecule has 0 unspecified atom stereocenters. The molecule has 0 radical (unpaired) electrons. The van der Waals surface area contributed by atoms with Gasteiger partial charge in [0, 0.05) is 26.1 Å². The molecular formula is C17H24N2O3. The molecule has 1 N–H and O–H groups in total. The van der Waals surface area contributed by atoms with E-state index in [0.717, 1.165) is 12.8 Å². The lowest BCUT2D eigenvalue weighted by molar-refractivity contribution is -0.117. The van der Waals surface area contributed by atoms with Crippen molar-refractivity contribution in [2.45, 2.75) is 32.1 Å². The molecule has 1 fully saturated rings. The Balaban J connectivity index is 2.11. The molecule has 2 amide bonds. The van der Waals surface area contributed by atoms with E-state index >= 15 is 0 Å². The zero-order valence-electron chi connectivity index (χ0n) is 13.5. The summed E-state index contributed by atoms with van der Waals surface area (Å²) >= 11 is 0. The van der Waals surface area contributed by atoms with Crippen LogP contribution in [0.3, 0.4) is 0 Å². The predicted octanol–water partition coefficient (Wildman–Crippen LogP) is 2.92. The summed E-state index contributed by atoms with van der Waals surface area (Å²) in [6.07, 6.45) is 5.23. The molecule has 1 saturated carbocycles. The fourth-order valence-electron chi connectivity index (χ4n) is 2.87. The number of hydrogen-bond acceptors (Lipinski definition) is 3. The van der Waals surface area contributed by atoms with Gasteiger partial charge in [-0.05, 0) is 37.0 Å². The standard InChI is InChI=1S/C17H24N2O3/c1-19(2)17(21)13-8-9-15(22-3)14(11-13)18-16(20)10-12-6-4-5-7-12/h8-9,11-12H,4-7,10H2,1-3H3,(H,18,20). The van der Waals surface area contributed by atoms with Crippen LogP contribution in [0.15, 0.2) is 18.2 Å². The Morgan fingerprint density at radius 2 is 1.95 bits per heavy atom. The Kier molecular flexibility index (Phi) is 5.41. The molecule has 0 aliphatic heterocycles. The summed E-state index contributed by atoms with van der Waals surface area (Å²) in [5.41, 5.74) is 1.08. The van der Waals surface area contributed by atoms with E-state index in [9.17, 15) is 9.59 Å². The monoisotopic (exact) mass is 304 g/mol. The molecule has 0 spiro atoms. The van der Waals surface area contributed by atoms with Crippen molar-refractivity contribution in [1.82, 2.24) is 4.90 Å². The summed E-state index contributed by atoms with van der Waals surface area (Å²) < 4.78 is 5.27. The zero-order valence-corrected chi connectivity index (χ0v) is 13.5. The number of carbonyl (C=O) groups excluding carboxylic acids is 2. The molecule has 5 nitrogen and oxygen atoms in total. The van der Waals surface area contributed by atoms with E-state index in [1.165, 1.54) is 17.7 Å². The summed E-state index contributed by atoms with van der Waals surface area (Å²) in [4.78, 5) is 25.7. The molecule has 0 saturated heterocycles. The van der Waals surface area contributed by atoms with Crippen LogP contribution < -0.4 is 10.1 Å². The van der Waals surface area contributed by atoms with Crippen LogP contribution in [0.4, 0.5) is 5.69 Å². The molecule has 1 aromatic carbocycles. The maximum absolute atomic E-state index is 12.2. The van der Waals surface area contributed by atoms with E-state index in [0.29, 0.717) is 29.3 Å². The van der Waals surface area contributed by atoms with Crippen molar-refractivity contribution in [2.24, 2.45) is 5.92 Å². The summed E-state index contributed by atoms with van der Waals surface area (Å²) in [5, 5.41) is 2.89. The summed E-state index contributed by atoms with van der Waals surface area (Å²) in [7, 11) is 4.95. The number of anilines is 1. The number of rotatable bonds is 5. The molecule has 2 rings (SSSR count). The minimum atomic E-state index is -0.103. The van der Waals surface area contributed by atoms with Gasteiger partial charge in [-0.3, -0.25) is 9.59 Å². The highest BCUT2D eigenvalue weighted by molar-refractivity contribution is 5.98. The third-order valence-electron chi connectivity index (χ3n) is 4.08. The molecular weight excluding hydrogens is 280 g/mol. The molecule has 0 atom stereocenters. The van der Waals surface area contributed by atoms with Gasteiger partial charge in [-0.25, -0.2) is 0 Å². The topological polar surface area (TPSA) is 58.6 Å². The van der Waals surface area contributed by atoms with Crippen LogP contribution in [0.2, 0.25) is 0 Å². The second-order valence-corrected chi connectivity index (χ2v) is 6.02. The van der Waals surface area contributed by atoms with Gasteiger partial charge in [0.15, 0.2) is 0 Å². The number of nitrogens with zero attached hydrogens (tertiary/aromatic N) is 1. The Labute approximate surface area is 131 Å². The van der Waals surface area contributed by atoms with Gasteiger partial charge in [0.05, 0.1) is 12.8 Å². The maximum Gasteiger partial charge on any atom is 0.253 e. The second kappa shape index (κ2) is 7.29. The first-order chi connectivity index (χ1) is 10.5. The number of ether oxygens (including phenoxy) is 1. The number of nitrogens with one attached hydrogen (secondary N) is 1. The van der Waals surface area contributed by atoms with Gasteiger partial charge in [0.2, 0.25) is 5.91 Å². The summed E-state index contributed by atoms with van der Waals surface area (Å²) in [6, 6.07) is 5.09. The highest BCUT2D eigenvalue weighted by Crippen LogP contribution is 2.30. The Bertz CT molecular complexity index is 549. The predicted molar refractivity (Wildman–Crippen MR) is 86.2 cm³/mol. The Hall–Kier alpha value is -2.04. The average Bonchev–Trinajstić information content (AvgIpc) is 2.99. The lowest BCUT2D eigenvalue weighted by Crippen LogP contribution is -2.22. The third kappa shape index (κ3) is 4.00. The molecule has 1 aliphatic carbocycles. The van der Waals surface area contributed by atoms with E-state index in [2.05, 4.69) is 5.32 Å². The van der Waals surface area contributed by atoms with Crippen LogP contribution in [0.5, 0.6) is 5.75 Å². The van der Waals surface area contributed by atoms with Crippen LogP contribution >= 0.6 is 0 Å². The Morgan fingerprint density at radius 3 is 2.55 bits per heavy atom. The van der Waals surface area contributed by atoms with Gasteiger partial charge in [-0.15, -0.1) is 0 Å². The van der Waals surface area contributed by atoms with Crippen molar-refractivity contribution in [3.05, 3.63) is 23.8 Å². The van der Waals surface area contributed by atoms with Crippen molar-refractivity contribution < 1.29 is 14.3 Å². The summed E-state index contributed by atoms with van der Waals surface area (Å²) in [5.74, 6) is 0.932. The van der Waals surface area contributed by atoms with Crippen LogP contribution in [-0.4, -0.2) is 37.9 Å². The molecule has 1 aliphatic rings. The summed E-state index contributed by atoms with van der Waals surface area (Å²) in [6.45, 7) is 0. The van der Waals surface area contributed by atoms with Crippen molar-refractivity contribution >= 4 is 17.5 Å². The van der Waals surface area contributed by atoms with E-state index in [1.54, 1.807) is 39.4 Å². The van der Waals surface area contributed by atoms with Crippen LogP contribution in [0, 0.1) is 5.92 Å². The molecule has 0 aromatic heterocycles. The second-order valence-electron chi connectivity index (χ2n) is 6.02. The van der Waals surface area contributed by atoms with Gasteiger partial charge in [-0.2, -0.15) is 0 Å². The first kappa shape index (κ1) is 16.3. The number of carbonyl (C=O) groups is 2. The number of hydrogen-bond donors (Lipinski definition) is 1. The highest BCUT2D eigenvalue weighted by Gasteiger charge is 2.20. The van der Waals surface area contributed by atoms with Gasteiger partial charge in [0.25, 0.3) is 5.91 Å². The van der Waals surface area contributed by atoms with Crippen LogP contribution in [0.25, 0.3) is 0 Å². The highest BCUT2D eigenvalue weighted by atomic mass is 16.5. The molecule has 5 heteroatoms. The quantitative estimate of drug-likeness (QED) is 0.910. The van der Waals surface area contributed by atoms with Crippen molar-refractivity contribution in [2.75, 3.05) is 26.5 Å². The fraction of sp³-hybridized carbons (Fsp3) is 0.529.